The average Bonchev–Trinajstić information content (AvgIpc) is 2.60. The van der Waals surface area contributed by atoms with Crippen LogP contribution in [0.5, 0.6) is 5.88 Å². The van der Waals surface area contributed by atoms with Gasteiger partial charge in [-0.05, 0) is 27.0 Å². The van der Waals surface area contributed by atoms with Gasteiger partial charge in [0, 0.05) is 18.9 Å². The fourth-order valence-electron chi connectivity index (χ4n) is 1.63. The largest absolute Gasteiger partial charge is 0.472 e. The van der Waals surface area contributed by atoms with E-state index in [9.17, 15) is 0 Å². The van der Waals surface area contributed by atoms with Crippen LogP contribution >= 0.6 is 0 Å². The fourth-order valence-corrected chi connectivity index (χ4v) is 1.63. The monoisotopic (exact) mass is 220 g/mol. The number of hydrogen-bond acceptors (Lipinski definition) is 4. The van der Waals surface area contributed by atoms with E-state index >= 15 is 0 Å². The molecule has 2 aromatic rings. The molecule has 2 aromatic heterocycles. The van der Waals surface area contributed by atoms with Gasteiger partial charge in [0.05, 0.1) is 5.69 Å². The van der Waals surface area contributed by atoms with Crippen molar-refractivity contribution in [1.82, 2.24) is 19.9 Å². The van der Waals surface area contributed by atoms with E-state index in [1.807, 2.05) is 33.2 Å². The van der Waals surface area contributed by atoms with Crippen LogP contribution in [0.4, 0.5) is 0 Å². The standard InChI is InChI=1S/C11H16N4O/c1-8-6-10-11(16-9(2)7-12-3)13-4-5-15(10)14-8/h4-6,9,12H,7H2,1-3H3. The van der Waals surface area contributed by atoms with Crippen molar-refractivity contribution in [1.29, 1.82) is 0 Å². The van der Waals surface area contributed by atoms with Crippen LogP contribution in [0.25, 0.3) is 5.52 Å². The number of fused-ring (bicyclic) bond motifs is 1. The van der Waals surface area contributed by atoms with Crippen LogP contribution in [0.1, 0.15) is 12.6 Å². The van der Waals surface area contributed by atoms with E-state index in [-0.39, 0.29) is 6.10 Å². The highest BCUT2D eigenvalue weighted by Gasteiger charge is 2.09. The first-order valence-electron chi connectivity index (χ1n) is 5.33. The molecule has 0 aromatic carbocycles. The Morgan fingerprint density at radius 3 is 3.12 bits per heavy atom. The Bertz CT molecular complexity index is 480. The maximum absolute atomic E-state index is 5.75. The Labute approximate surface area is 94.4 Å². The molecule has 0 aliphatic heterocycles. The van der Waals surface area contributed by atoms with Crippen molar-refractivity contribution in [2.75, 3.05) is 13.6 Å². The van der Waals surface area contributed by atoms with Crippen molar-refractivity contribution < 1.29 is 4.74 Å². The zero-order valence-corrected chi connectivity index (χ0v) is 9.77. The molecule has 1 N–H and O–H groups in total. The topological polar surface area (TPSA) is 51.5 Å². The number of ether oxygens (including phenoxy) is 1. The van der Waals surface area contributed by atoms with Gasteiger partial charge in [0.2, 0.25) is 5.88 Å². The molecule has 5 heteroatoms. The second-order valence-electron chi connectivity index (χ2n) is 3.83. The number of likely N-dealkylation sites (N-methyl/N-ethyl adjacent to an activating group) is 1. The van der Waals surface area contributed by atoms with Gasteiger partial charge in [-0.25, -0.2) is 9.50 Å². The van der Waals surface area contributed by atoms with Crippen LogP contribution in [0.2, 0.25) is 0 Å². The van der Waals surface area contributed by atoms with E-state index in [4.69, 9.17) is 4.74 Å². The smallest absolute Gasteiger partial charge is 0.240 e. The quantitative estimate of drug-likeness (QED) is 0.836. The molecule has 0 radical (unpaired) electrons. The molecule has 1 unspecified atom stereocenters. The minimum absolute atomic E-state index is 0.0823. The summed E-state index contributed by atoms with van der Waals surface area (Å²) in [6.07, 6.45) is 3.60. The fraction of sp³-hybridized carbons (Fsp3) is 0.455. The molecule has 5 nitrogen and oxygen atoms in total. The molecule has 1 atom stereocenters. The lowest BCUT2D eigenvalue weighted by Gasteiger charge is -2.13. The molecule has 0 saturated carbocycles. The third kappa shape index (κ3) is 2.14. The SMILES string of the molecule is CNCC(C)Oc1nccn2nc(C)cc12. The lowest BCUT2D eigenvalue weighted by Crippen LogP contribution is -2.26. The van der Waals surface area contributed by atoms with E-state index < -0.39 is 0 Å². The number of hydrogen-bond donors (Lipinski definition) is 1. The Morgan fingerprint density at radius 2 is 2.38 bits per heavy atom. The predicted molar refractivity (Wildman–Crippen MR) is 61.7 cm³/mol. The second kappa shape index (κ2) is 4.49. The molecule has 2 rings (SSSR count). The zero-order chi connectivity index (χ0) is 11.5. The number of aryl methyl sites for hydroxylation is 1. The molecule has 0 saturated heterocycles. The van der Waals surface area contributed by atoms with Gasteiger partial charge in [-0.15, -0.1) is 0 Å². The highest BCUT2D eigenvalue weighted by atomic mass is 16.5. The molecule has 0 spiro atoms. The lowest BCUT2D eigenvalue weighted by atomic mass is 10.4. The molecule has 0 amide bonds. The highest BCUT2D eigenvalue weighted by Crippen LogP contribution is 2.17. The van der Waals surface area contributed by atoms with Crippen molar-refractivity contribution in [2.45, 2.75) is 20.0 Å². The summed E-state index contributed by atoms with van der Waals surface area (Å²) in [5.41, 5.74) is 1.86. The van der Waals surface area contributed by atoms with E-state index in [1.54, 1.807) is 10.7 Å². The Balaban J connectivity index is 2.29. The number of nitrogens with one attached hydrogen (secondary N) is 1. The van der Waals surface area contributed by atoms with Crippen LogP contribution in [0, 0.1) is 6.92 Å². The summed E-state index contributed by atoms with van der Waals surface area (Å²) in [7, 11) is 1.90. The van der Waals surface area contributed by atoms with Crippen LogP contribution in [-0.2, 0) is 0 Å². The summed E-state index contributed by atoms with van der Waals surface area (Å²) in [4.78, 5) is 4.23. The van der Waals surface area contributed by atoms with Gasteiger partial charge in [-0.3, -0.25) is 0 Å². The van der Waals surface area contributed by atoms with Crippen LogP contribution in [-0.4, -0.2) is 34.3 Å². The normalized spacial score (nSPS) is 12.9. The molecule has 0 aliphatic carbocycles. The Morgan fingerprint density at radius 1 is 1.56 bits per heavy atom. The van der Waals surface area contributed by atoms with Crippen LogP contribution in [0.3, 0.4) is 0 Å². The average molecular weight is 220 g/mol. The van der Waals surface area contributed by atoms with Crippen molar-refractivity contribution in [3.05, 3.63) is 24.2 Å². The van der Waals surface area contributed by atoms with Gasteiger partial charge >= 0.3 is 0 Å². The maximum Gasteiger partial charge on any atom is 0.240 e. The van der Waals surface area contributed by atoms with Crippen molar-refractivity contribution in [3.8, 4) is 5.88 Å². The zero-order valence-electron chi connectivity index (χ0n) is 9.77. The lowest BCUT2D eigenvalue weighted by molar-refractivity contribution is 0.214. The summed E-state index contributed by atoms with van der Waals surface area (Å²) in [6, 6.07) is 1.97. The van der Waals surface area contributed by atoms with E-state index in [0.29, 0.717) is 5.88 Å². The molecule has 0 aliphatic rings. The molecule has 16 heavy (non-hydrogen) atoms. The third-order valence-electron chi connectivity index (χ3n) is 2.28. The van der Waals surface area contributed by atoms with Crippen molar-refractivity contribution >= 4 is 5.52 Å². The minimum Gasteiger partial charge on any atom is -0.472 e. The summed E-state index contributed by atoms with van der Waals surface area (Å²) < 4.78 is 7.53. The van der Waals surface area contributed by atoms with Gasteiger partial charge in [0.15, 0.2) is 0 Å². The molecular weight excluding hydrogens is 204 g/mol. The molecule has 0 fully saturated rings. The van der Waals surface area contributed by atoms with Crippen molar-refractivity contribution in [2.24, 2.45) is 0 Å². The summed E-state index contributed by atoms with van der Waals surface area (Å²) in [5, 5.41) is 7.37. The molecule has 86 valence electrons. The van der Waals surface area contributed by atoms with Gasteiger partial charge in [0.1, 0.15) is 11.6 Å². The molecule has 2 heterocycles. The number of nitrogens with zero attached hydrogens (tertiary/aromatic N) is 3. The van der Waals surface area contributed by atoms with E-state index in [0.717, 1.165) is 17.8 Å². The number of rotatable bonds is 4. The Hall–Kier alpha value is -1.62. The van der Waals surface area contributed by atoms with E-state index in [2.05, 4.69) is 15.4 Å². The minimum atomic E-state index is 0.0823. The van der Waals surface area contributed by atoms with E-state index in [1.165, 1.54) is 0 Å². The third-order valence-corrected chi connectivity index (χ3v) is 2.28. The first kappa shape index (κ1) is 10.9. The van der Waals surface area contributed by atoms with Crippen LogP contribution in [0.15, 0.2) is 18.5 Å². The number of aromatic nitrogens is 3. The van der Waals surface area contributed by atoms with Gasteiger partial charge in [0.25, 0.3) is 0 Å². The van der Waals surface area contributed by atoms with Crippen molar-refractivity contribution in [3.63, 3.8) is 0 Å². The summed E-state index contributed by atoms with van der Waals surface area (Å²) in [6.45, 7) is 4.74. The predicted octanol–water partition coefficient (Wildman–Crippen LogP) is 1.02. The first-order valence-corrected chi connectivity index (χ1v) is 5.33. The Kier molecular flexibility index (Phi) is 3.05. The molecule has 0 bridgehead atoms. The summed E-state index contributed by atoms with van der Waals surface area (Å²) >= 11 is 0. The van der Waals surface area contributed by atoms with Gasteiger partial charge in [-0.1, -0.05) is 0 Å². The summed E-state index contributed by atoms with van der Waals surface area (Å²) in [5.74, 6) is 0.630. The highest BCUT2D eigenvalue weighted by molar-refractivity contribution is 5.56. The maximum atomic E-state index is 5.75. The second-order valence-corrected chi connectivity index (χ2v) is 3.83. The van der Waals surface area contributed by atoms with Crippen LogP contribution < -0.4 is 10.1 Å². The molecular formula is C11H16N4O. The first-order chi connectivity index (χ1) is 7.70. The van der Waals surface area contributed by atoms with Gasteiger partial charge in [-0.2, -0.15) is 5.10 Å². The van der Waals surface area contributed by atoms with Gasteiger partial charge < -0.3 is 10.1 Å².